The molecule has 20 heavy (non-hydrogen) atoms. The predicted molar refractivity (Wildman–Crippen MR) is 94.0 cm³/mol. The van der Waals surface area contributed by atoms with Crippen LogP contribution in [0.2, 0.25) is 0 Å². The number of rotatable bonds is 16. The summed E-state index contributed by atoms with van der Waals surface area (Å²) in [5.41, 5.74) is 0. The second-order valence-corrected chi connectivity index (χ2v) is 5.86. The van der Waals surface area contributed by atoms with E-state index in [0.717, 1.165) is 13.2 Å². The van der Waals surface area contributed by atoms with Gasteiger partial charge in [-0.05, 0) is 12.8 Å². The molecule has 0 rings (SSSR count). The third-order valence-electron chi connectivity index (χ3n) is 3.78. The Morgan fingerprint density at radius 3 is 1.10 bits per heavy atom. The zero-order chi connectivity index (χ0) is 14.0. The second-order valence-electron chi connectivity index (χ2n) is 5.86. The molecule has 0 aliphatic rings. The number of hydrogen-bond donors (Lipinski definition) is 0. The Labute approximate surface area is 150 Å². The minimum atomic E-state index is 0. The summed E-state index contributed by atoms with van der Waals surface area (Å²) in [5, 5.41) is 0. The summed E-state index contributed by atoms with van der Waals surface area (Å²) in [6.07, 6.45) is 19.3. The van der Waals surface area contributed by atoms with Gasteiger partial charge in [0.15, 0.2) is 0 Å². The molecule has 0 bridgehead atoms. The fraction of sp³-hybridized carbons (Fsp3) is 1.00. The zero-order valence-corrected chi connectivity index (χ0v) is 13.7. The monoisotopic (exact) mass is 294 g/mol. The van der Waals surface area contributed by atoms with Crippen LogP contribution in [0.5, 0.6) is 0 Å². The van der Waals surface area contributed by atoms with E-state index in [1.165, 1.54) is 89.9 Å². The van der Waals surface area contributed by atoms with Crippen molar-refractivity contribution >= 4 is 29.6 Å². The fourth-order valence-corrected chi connectivity index (χ4v) is 2.42. The van der Waals surface area contributed by atoms with Gasteiger partial charge in [-0.2, -0.15) is 0 Å². The van der Waals surface area contributed by atoms with Crippen LogP contribution in [-0.4, -0.2) is 42.8 Å². The zero-order valence-electron chi connectivity index (χ0n) is 13.7. The molecular formula is C18H39NaO. The number of ether oxygens (including phenoxy) is 1. The summed E-state index contributed by atoms with van der Waals surface area (Å²) in [6.45, 7) is 6.53. The van der Waals surface area contributed by atoms with Crippen molar-refractivity contribution in [3.05, 3.63) is 0 Å². The fourth-order valence-electron chi connectivity index (χ4n) is 2.42. The van der Waals surface area contributed by atoms with E-state index in [0.29, 0.717) is 0 Å². The summed E-state index contributed by atoms with van der Waals surface area (Å²) in [4.78, 5) is 0. The molecule has 0 spiro atoms. The SMILES string of the molecule is CCCCCCCCCOCCCCCCCCC.[NaH]. The van der Waals surface area contributed by atoms with Crippen LogP contribution >= 0.6 is 0 Å². The molecule has 0 fully saturated rings. The summed E-state index contributed by atoms with van der Waals surface area (Å²) >= 11 is 0. The average molecular weight is 294 g/mol. The summed E-state index contributed by atoms with van der Waals surface area (Å²) in [5.74, 6) is 0. The molecule has 0 aromatic carbocycles. The van der Waals surface area contributed by atoms with Crippen molar-refractivity contribution in [1.82, 2.24) is 0 Å². The molecule has 0 aliphatic carbocycles. The van der Waals surface area contributed by atoms with Gasteiger partial charge in [0.2, 0.25) is 0 Å². The van der Waals surface area contributed by atoms with E-state index in [-0.39, 0.29) is 29.6 Å². The van der Waals surface area contributed by atoms with Gasteiger partial charge in [-0.15, -0.1) is 0 Å². The van der Waals surface area contributed by atoms with Crippen LogP contribution in [-0.2, 0) is 4.74 Å². The Kier molecular flexibility index (Phi) is 25.8. The maximum atomic E-state index is 5.69. The molecule has 0 N–H and O–H groups in total. The van der Waals surface area contributed by atoms with E-state index in [4.69, 9.17) is 4.74 Å². The van der Waals surface area contributed by atoms with Gasteiger partial charge in [0.1, 0.15) is 0 Å². The normalized spacial score (nSPS) is 10.5. The Morgan fingerprint density at radius 1 is 0.450 bits per heavy atom. The molecule has 0 aromatic heterocycles. The Hall–Kier alpha value is 0.960. The van der Waals surface area contributed by atoms with Crippen molar-refractivity contribution in [2.24, 2.45) is 0 Å². The quantitative estimate of drug-likeness (QED) is 0.256. The molecule has 118 valence electrons. The molecule has 1 nitrogen and oxygen atoms in total. The molecule has 0 saturated heterocycles. The van der Waals surface area contributed by atoms with Gasteiger partial charge < -0.3 is 4.74 Å². The van der Waals surface area contributed by atoms with Crippen molar-refractivity contribution < 1.29 is 4.74 Å². The first-order valence-electron chi connectivity index (χ1n) is 8.99. The van der Waals surface area contributed by atoms with E-state index in [2.05, 4.69) is 13.8 Å². The molecule has 0 unspecified atom stereocenters. The summed E-state index contributed by atoms with van der Waals surface area (Å²) in [6, 6.07) is 0. The summed E-state index contributed by atoms with van der Waals surface area (Å²) in [7, 11) is 0. The van der Waals surface area contributed by atoms with Crippen molar-refractivity contribution in [2.45, 2.75) is 104 Å². The average Bonchev–Trinajstić information content (AvgIpc) is 2.43. The third kappa shape index (κ3) is 21.3. The van der Waals surface area contributed by atoms with Crippen LogP contribution in [0.1, 0.15) is 104 Å². The molecule has 0 heterocycles. The van der Waals surface area contributed by atoms with E-state index >= 15 is 0 Å². The van der Waals surface area contributed by atoms with E-state index in [1.54, 1.807) is 0 Å². The van der Waals surface area contributed by atoms with Gasteiger partial charge in [0, 0.05) is 13.2 Å². The van der Waals surface area contributed by atoms with Gasteiger partial charge in [-0.3, -0.25) is 0 Å². The van der Waals surface area contributed by atoms with Crippen molar-refractivity contribution in [3.63, 3.8) is 0 Å². The second kappa shape index (κ2) is 22.2. The van der Waals surface area contributed by atoms with Crippen LogP contribution in [0.3, 0.4) is 0 Å². The molecule has 0 atom stereocenters. The van der Waals surface area contributed by atoms with Gasteiger partial charge in [-0.1, -0.05) is 90.9 Å². The minimum absolute atomic E-state index is 0. The topological polar surface area (TPSA) is 9.23 Å². The van der Waals surface area contributed by atoms with Crippen molar-refractivity contribution in [2.75, 3.05) is 13.2 Å². The molecule has 0 saturated carbocycles. The van der Waals surface area contributed by atoms with Crippen LogP contribution in [0.4, 0.5) is 0 Å². The first-order chi connectivity index (χ1) is 9.41. The van der Waals surface area contributed by atoms with Gasteiger partial charge in [0.25, 0.3) is 0 Å². The first kappa shape index (κ1) is 23.2. The Morgan fingerprint density at radius 2 is 0.750 bits per heavy atom. The molecule has 0 radical (unpaired) electrons. The van der Waals surface area contributed by atoms with Crippen LogP contribution in [0.25, 0.3) is 0 Å². The Balaban J connectivity index is 0. The van der Waals surface area contributed by atoms with Crippen molar-refractivity contribution in [3.8, 4) is 0 Å². The molecule has 2 heteroatoms. The maximum absolute atomic E-state index is 5.69. The number of unbranched alkanes of at least 4 members (excludes halogenated alkanes) is 12. The summed E-state index contributed by atoms with van der Waals surface area (Å²) < 4.78 is 5.69. The van der Waals surface area contributed by atoms with Crippen LogP contribution < -0.4 is 0 Å². The van der Waals surface area contributed by atoms with Gasteiger partial charge in [-0.25, -0.2) is 0 Å². The number of hydrogen-bond acceptors (Lipinski definition) is 1. The molecule has 0 aliphatic heterocycles. The van der Waals surface area contributed by atoms with Gasteiger partial charge in [0.05, 0.1) is 0 Å². The van der Waals surface area contributed by atoms with E-state index in [9.17, 15) is 0 Å². The molecule has 0 aromatic rings. The molecular weight excluding hydrogens is 255 g/mol. The standard InChI is InChI=1S/C18H38O.Na.H/c1-3-5-7-9-11-13-15-17-19-18-16-14-12-10-8-6-4-2;;/h3-18H2,1-2H3;;. The molecule has 0 amide bonds. The van der Waals surface area contributed by atoms with Gasteiger partial charge >= 0.3 is 29.6 Å². The predicted octanol–water partition coefficient (Wildman–Crippen LogP) is 5.86. The van der Waals surface area contributed by atoms with E-state index < -0.39 is 0 Å². The van der Waals surface area contributed by atoms with Crippen LogP contribution in [0, 0.1) is 0 Å². The van der Waals surface area contributed by atoms with Crippen molar-refractivity contribution in [1.29, 1.82) is 0 Å². The Bertz CT molecular complexity index is 134. The third-order valence-corrected chi connectivity index (χ3v) is 3.78. The first-order valence-corrected chi connectivity index (χ1v) is 8.99. The van der Waals surface area contributed by atoms with Crippen LogP contribution in [0.15, 0.2) is 0 Å². The van der Waals surface area contributed by atoms with E-state index in [1.807, 2.05) is 0 Å².